The molecular formula is C35H37N5O5. The van der Waals surface area contributed by atoms with Crippen LogP contribution in [0.15, 0.2) is 106 Å². The minimum atomic E-state index is -0.447. The van der Waals surface area contributed by atoms with Crippen LogP contribution in [0.1, 0.15) is 67.2 Å². The van der Waals surface area contributed by atoms with E-state index in [4.69, 9.17) is 24.6 Å². The average molecular weight is 608 g/mol. The van der Waals surface area contributed by atoms with Crippen LogP contribution >= 0.6 is 0 Å². The van der Waals surface area contributed by atoms with Crippen molar-refractivity contribution in [2.75, 3.05) is 7.11 Å². The molecule has 5 aliphatic heterocycles. The summed E-state index contributed by atoms with van der Waals surface area (Å²) in [4.78, 5) is 56.7. The number of hydroxylamine groups is 1. The number of aliphatic imine (C=N–C) groups is 3. The van der Waals surface area contributed by atoms with Crippen molar-refractivity contribution in [3.05, 3.63) is 91.4 Å². The summed E-state index contributed by atoms with van der Waals surface area (Å²) in [6.07, 6.45) is 8.81. The second-order valence-electron chi connectivity index (χ2n) is 12.0. The number of nitrogens with one attached hydrogen (secondary N) is 2. The normalized spacial score (nSPS) is 23.5. The van der Waals surface area contributed by atoms with Crippen molar-refractivity contribution in [3.8, 4) is 0 Å². The van der Waals surface area contributed by atoms with E-state index in [9.17, 15) is 14.4 Å². The average Bonchev–Trinajstić information content (AvgIpc) is 3.77. The number of carbonyl (C=O) groups excluding carboxylic acids is 3. The van der Waals surface area contributed by atoms with Gasteiger partial charge in [-0.25, -0.2) is 20.5 Å². The number of allylic oxidation sites excluding steroid dienone is 12. The number of hydrogen-bond acceptors (Lipinski definition) is 10. The zero-order chi connectivity index (χ0) is 32.2. The van der Waals surface area contributed by atoms with E-state index >= 15 is 0 Å². The van der Waals surface area contributed by atoms with Gasteiger partial charge in [-0.05, 0) is 74.1 Å². The van der Waals surface area contributed by atoms with Gasteiger partial charge in [0, 0.05) is 59.7 Å². The minimum Gasteiger partial charge on any atom is -0.469 e. The first-order chi connectivity index (χ1) is 21.6. The van der Waals surface area contributed by atoms with Gasteiger partial charge in [0.2, 0.25) is 0 Å². The molecule has 10 heteroatoms. The lowest BCUT2D eigenvalue weighted by atomic mass is 9.86. The van der Waals surface area contributed by atoms with Crippen LogP contribution in [0.2, 0.25) is 0 Å². The number of carbonyl (C=O) groups is 3. The van der Waals surface area contributed by atoms with E-state index in [1.165, 1.54) is 14.0 Å². The van der Waals surface area contributed by atoms with Crippen molar-refractivity contribution in [2.45, 2.75) is 67.2 Å². The summed E-state index contributed by atoms with van der Waals surface area (Å²) < 4.78 is 4.98. The third-order valence-corrected chi connectivity index (χ3v) is 9.45. The molecule has 0 aromatic carbocycles. The molecule has 0 saturated carbocycles. The first-order valence-electron chi connectivity index (χ1n) is 15.3. The van der Waals surface area contributed by atoms with Crippen molar-refractivity contribution < 1.29 is 24.0 Å². The van der Waals surface area contributed by atoms with Crippen molar-refractivity contribution in [3.63, 3.8) is 0 Å². The molecule has 1 saturated heterocycles. The summed E-state index contributed by atoms with van der Waals surface area (Å²) in [6, 6.07) is 0. The van der Waals surface area contributed by atoms with Crippen molar-refractivity contribution in [2.24, 2.45) is 26.8 Å². The van der Waals surface area contributed by atoms with Gasteiger partial charge in [0.15, 0.2) is 6.29 Å². The molecule has 2 N–H and O–H groups in total. The molecular weight excluding hydrogens is 570 g/mol. The number of aldehydes is 1. The van der Waals surface area contributed by atoms with Gasteiger partial charge in [0.05, 0.1) is 47.0 Å². The second-order valence-corrected chi connectivity index (χ2v) is 12.0. The van der Waals surface area contributed by atoms with Crippen LogP contribution in [0.5, 0.6) is 0 Å². The Morgan fingerprint density at radius 1 is 1.04 bits per heavy atom. The van der Waals surface area contributed by atoms with Crippen molar-refractivity contribution >= 4 is 35.4 Å². The third-order valence-electron chi connectivity index (χ3n) is 9.45. The SMILES string of the molecule is CCC1=C(C)C2=NC1=CC1=C(C)C3=C(NOC(C)=O)CC(=C4NC(=CC5=NC(=C2)C(C=O)=C5C)[C@@H](C)[C@@H]4CCC(=O)OC)C3=N1. The summed E-state index contributed by atoms with van der Waals surface area (Å²) in [5.41, 5.74) is 16.3. The van der Waals surface area contributed by atoms with Gasteiger partial charge >= 0.3 is 11.9 Å². The number of hydrogen-bond donors (Lipinski definition) is 2. The predicted molar refractivity (Wildman–Crippen MR) is 172 cm³/mol. The van der Waals surface area contributed by atoms with Gasteiger partial charge in [-0.1, -0.05) is 13.8 Å². The minimum absolute atomic E-state index is 0.000282. The Kier molecular flexibility index (Phi) is 7.76. The first-order valence-corrected chi connectivity index (χ1v) is 15.3. The molecule has 0 aromatic heterocycles. The molecule has 5 heterocycles. The molecule has 6 rings (SSSR count). The molecule has 45 heavy (non-hydrogen) atoms. The van der Waals surface area contributed by atoms with E-state index in [1.807, 2.05) is 39.0 Å². The maximum atomic E-state index is 12.3. The topological polar surface area (TPSA) is 131 Å². The fraction of sp³-hybridized carbons (Fsp3) is 0.371. The Morgan fingerprint density at radius 3 is 2.47 bits per heavy atom. The van der Waals surface area contributed by atoms with E-state index in [-0.39, 0.29) is 24.2 Å². The molecule has 1 fully saturated rings. The Morgan fingerprint density at radius 2 is 1.78 bits per heavy atom. The van der Waals surface area contributed by atoms with Gasteiger partial charge in [-0.3, -0.25) is 14.4 Å². The van der Waals surface area contributed by atoms with Crippen LogP contribution in [0, 0.1) is 11.8 Å². The Labute approximate surface area is 262 Å². The summed E-state index contributed by atoms with van der Waals surface area (Å²) in [7, 11) is 1.40. The van der Waals surface area contributed by atoms with Crippen LogP contribution in [0.25, 0.3) is 0 Å². The quantitative estimate of drug-likeness (QED) is 0.228. The van der Waals surface area contributed by atoms with Gasteiger partial charge in [-0.2, -0.15) is 0 Å². The van der Waals surface area contributed by atoms with Gasteiger partial charge in [-0.15, -0.1) is 0 Å². The smallest absolute Gasteiger partial charge is 0.329 e. The van der Waals surface area contributed by atoms with E-state index in [0.29, 0.717) is 29.8 Å². The number of esters is 1. The Bertz CT molecular complexity index is 1820. The number of rotatable bonds is 7. The lowest BCUT2D eigenvalue weighted by Gasteiger charge is -2.17. The van der Waals surface area contributed by atoms with Gasteiger partial charge in [0.1, 0.15) is 0 Å². The molecule has 0 amide bonds. The summed E-state index contributed by atoms with van der Waals surface area (Å²) in [6.45, 7) is 11.5. The van der Waals surface area contributed by atoms with E-state index < -0.39 is 5.97 Å². The fourth-order valence-electron chi connectivity index (χ4n) is 6.90. The fourth-order valence-corrected chi connectivity index (χ4v) is 6.90. The number of nitrogens with zero attached hydrogens (tertiary/aromatic N) is 3. The van der Waals surface area contributed by atoms with Crippen LogP contribution in [-0.2, 0) is 24.0 Å². The maximum Gasteiger partial charge on any atom is 0.329 e. The van der Waals surface area contributed by atoms with E-state index in [2.05, 4.69) is 24.6 Å². The van der Waals surface area contributed by atoms with Crippen LogP contribution < -0.4 is 10.8 Å². The lowest BCUT2D eigenvalue weighted by molar-refractivity contribution is -0.146. The molecule has 6 aliphatic rings. The molecule has 0 aromatic rings. The molecule has 8 bridgehead atoms. The summed E-state index contributed by atoms with van der Waals surface area (Å²) in [5.74, 6) is -0.770. The molecule has 232 valence electrons. The molecule has 0 spiro atoms. The zero-order valence-electron chi connectivity index (χ0n) is 26.7. The number of fused-ring (bicyclic) bond motifs is 5. The van der Waals surface area contributed by atoms with Gasteiger partial charge in [0.25, 0.3) is 0 Å². The van der Waals surface area contributed by atoms with E-state index in [1.54, 1.807) is 0 Å². The van der Waals surface area contributed by atoms with Crippen molar-refractivity contribution in [1.82, 2.24) is 10.8 Å². The molecule has 1 aliphatic carbocycles. The highest BCUT2D eigenvalue weighted by Crippen LogP contribution is 2.46. The van der Waals surface area contributed by atoms with E-state index in [0.717, 1.165) is 86.1 Å². The predicted octanol–water partition coefficient (Wildman–Crippen LogP) is 5.32. The standard InChI is InChI=1S/C35H37N5O5/c1-8-21-16(2)26-13-30-24(15-41)18(4)25(37-30)12-27-17(3)22(9-10-32(43)44-7)34(38-27)23-11-31(40-45-20(6)42)33-19(5)28(39-35(23)33)14-29(21)36-26/h12-15,17,22,38,40H,8-11H2,1-7H3/t17-,22-/m0/s1. The molecule has 0 unspecified atom stereocenters. The maximum absolute atomic E-state index is 12.3. The van der Waals surface area contributed by atoms with Crippen molar-refractivity contribution in [1.29, 1.82) is 0 Å². The molecule has 0 radical (unpaired) electrons. The lowest BCUT2D eigenvalue weighted by Crippen LogP contribution is -2.18. The molecule has 2 atom stereocenters. The van der Waals surface area contributed by atoms with Crippen LogP contribution in [0.4, 0.5) is 0 Å². The highest BCUT2D eigenvalue weighted by atomic mass is 16.7. The number of ether oxygens (including phenoxy) is 1. The highest BCUT2D eigenvalue weighted by molar-refractivity contribution is 6.22. The van der Waals surface area contributed by atoms with Gasteiger partial charge < -0.3 is 14.9 Å². The molecule has 10 nitrogen and oxygen atoms in total. The number of methoxy groups -OCH3 is 1. The Balaban J connectivity index is 1.60. The second kappa shape index (κ2) is 11.6. The Hall–Kier alpha value is -4.86. The monoisotopic (exact) mass is 607 g/mol. The van der Waals surface area contributed by atoms with Crippen LogP contribution in [-0.4, -0.2) is 42.5 Å². The van der Waals surface area contributed by atoms with Crippen LogP contribution in [0.3, 0.4) is 0 Å². The first kappa shape index (κ1) is 30.2. The summed E-state index contributed by atoms with van der Waals surface area (Å²) in [5, 5.41) is 3.68. The summed E-state index contributed by atoms with van der Waals surface area (Å²) >= 11 is 0. The zero-order valence-corrected chi connectivity index (χ0v) is 26.7. The largest absolute Gasteiger partial charge is 0.469 e. The highest BCUT2D eigenvalue weighted by Gasteiger charge is 2.41. The third kappa shape index (κ3) is 5.08.